The highest BCUT2D eigenvalue weighted by molar-refractivity contribution is 5.79. The Morgan fingerprint density at radius 3 is 2.61 bits per heavy atom. The van der Waals surface area contributed by atoms with E-state index in [0.717, 1.165) is 5.69 Å². The first-order valence-electron chi connectivity index (χ1n) is 5.65. The van der Waals surface area contributed by atoms with Gasteiger partial charge in [-0.25, -0.2) is 4.79 Å². The molecule has 5 heteroatoms. The van der Waals surface area contributed by atoms with Crippen molar-refractivity contribution in [1.82, 2.24) is 0 Å². The number of ether oxygens (including phenoxy) is 2. The molecule has 0 fully saturated rings. The van der Waals surface area contributed by atoms with E-state index in [9.17, 15) is 4.79 Å². The molecule has 1 atom stereocenters. The summed E-state index contributed by atoms with van der Waals surface area (Å²) >= 11 is 0. The van der Waals surface area contributed by atoms with E-state index in [1.165, 1.54) is 7.11 Å². The van der Waals surface area contributed by atoms with Gasteiger partial charge in [0.15, 0.2) is 6.61 Å². The minimum Gasteiger partial charge on any atom is -0.479 e. The normalized spacial score (nSPS) is 11.2. The number of rotatable bonds is 6. The van der Waals surface area contributed by atoms with Gasteiger partial charge in [-0.15, -0.1) is 0 Å². The van der Waals surface area contributed by atoms with Crippen LogP contribution in [-0.2, 0) is 9.53 Å². The topological polar surface area (TPSA) is 71.3 Å². The summed E-state index contributed by atoms with van der Waals surface area (Å²) < 4.78 is 9.82. The average molecular weight is 248 g/mol. The largest absolute Gasteiger partial charge is 0.479 e. The zero-order chi connectivity index (χ0) is 13.4. The number of hydrogen-bond acceptors (Lipinski definition) is 5. The molecule has 1 aromatic carbocycles. The van der Waals surface area contributed by atoms with Crippen LogP contribution in [0, 0.1) is 11.3 Å². The molecule has 96 valence electrons. The van der Waals surface area contributed by atoms with E-state index in [2.05, 4.69) is 5.32 Å². The highest BCUT2D eigenvalue weighted by Gasteiger charge is 2.16. The molecule has 1 rings (SSSR count). The van der Waals surface area contributed by atoms with E-state index < -0.39 is 0 Å². The Bertz CT molecular complexity index is 423. The average Bonchev–Trinajstić information content (AvgIpc) is 2.43. The van der Waals surface area contributed by atoms with Crippen molar-refractivity contribution >= 4 is 11.7 Å². The number of carbonyl (C=O) groups excluding carboxylic acids is 1. The molecule has 0 aliphatic rings. The van der Waals surface area contributed by atoms with Crippen molar-refractivity contribution in [3.8, 4) is 11.8 Å². The van der Waals surface area contributed by atoms with Gasteiger partial charge in [0.2, 0.25) is 0 Å². The first-order valence-corrected chi connectivity index (χ1v) is 5.65. The van der Waals surface area contributed by atoms with E-state index in [1.54, 1.807) is 24.3 Å². The predicted molar refractivity (Wildman–Crippen MR) is 67.3 cm³/mol. The molecule has 0 aromatic heterocycles. The van der Waals surface area contributed by atoms with Crippen LogP contribution in [0.5, 0.6) is 5.75 Å². The number of methoxy groups -OCH3 is 1. The molecule has 5 nitrogen and oxygen atoms in total. The first kappa shape index (κ1) is 13.8. The maximum Gasteiger partial charge on any atom is 0.328 e. The van der Waals surface area contributed by atoms with Crippen LogP contribution in [0.4, 0.5) is 5.69 Å². The van der Waals surface area contributed by atoms with Gasteiger partial charge < -0.3 is 14.8 Å². The Morgan fingerprint density at radius 2 is 2.11 bits per heavy atom. The third-order valence-corrected chi connectivity index (χ3v) is 2.39. The number of esters is 1. The summed E-state index contributed by atoms with van der Waals surface area (Å²) in [4.78, 5) is 11.4. The number of nitrogens with one attached hydrogen (secondary N) is 1. The quantitative estimate of drug-likeness (QED) is 0.779. The number of nitrogens with zero attached hydrogens (tertiary/aromatic N) is 1. The third-order valence-electron chi connectivity index (χ3n) is 2.39. The van der Waals surface area contributed by atoms with Crippen LogP contribution in [0.3, 0.4) is 0 Å². The van der Waals surface area contributed by atoms with E-state index in [-0.39, 0.29) is 18.6 Å². The fourth-order valence-corrected chi connectivity index (χ4v) is 1.43. The van der Waals surface area contributed by atoms with Gasteiger partial charge in [-0.3, -0.25) is 0 Å². The lowest BCUT2D eigenvalue weighted by atomic mass is 10.2. The van der Waals surface area contributed by atoms with Crippen molar-refractivity contribution in [2.24, 2.45) is 0 Å². The van der Waals surface area contributed by atoms with Crippen molar-refractivity contribution in [3.05, 3.63) is 24.3 Å². The summed E-state index contributed by atoms with van der Waals surface area (Å²) in [5, 5.41) is 11.5. The van der Waals surface area contributed by atoms with Gasteiger partial charge in [0.05, 0.1) is 7.11 Å². The number of benzene rings is 1. The Kier molecular flexibility index (Phi) is 5.52. The van der Waals surface area contributed by atoms with Crippen LogP contribution < -0.4 is 10.1 Å². The monoisotopic (exact) mass is 248 g/mol. The van der Waals surface area contributed by atoms with Gasteiger partial charge >= 0.3 is 5.97 Å². The molecule has 0 heterocycles. The zero-order valence-corrected chi connectivity index (χ0v) is 10.5. The number of hydrogen-bond donors (Lipinski definition) is 1. The maximum atomic E-state index is 11.4. The SMILES string of the molecule is CCC(Nc1ccc(OCC#N)cc1)C(=O)OC. The summed E-state index contributed by atoms with van der Waals surface area (Å²) in [6.45, 7) is 1.92. The Balaban J connectivity index is 2.62. The second kappa shape index (κ2) is 7.17. The summed E-state index contributed by atoms with van der Waals surface area (Å²) in [7, 11) is 1.37. The lowest BCUT2D eigenvalue weighted by molar-refractivity contribution is -0.141. The van der Waals surface area contributed by atoms with E-state index in [0.29, 0.717) is 12.2 Å². The van der Waals surface area contributed by atoms with Gasteiger partial charge in [-0.05, 0) is 30.7 Å². The predicted octanol–water partition coefficient (Wildman–Crippen LogP) is 1.95. The Labute approximate surface area is 106 Å². The zero-order valence-electron chi connectivity index (χ0n) is 10.5. The van der Waals surface area contributed by atoms with Crippen molar-refractivity contribution in [2.45, 2.75) is 19.4 Å². The maximum absolute atomic E-state index is 11.4. The fourth-order valence-electron chi connectivity index (χ4n) is 1.43. The number of anilines is 1. The Hall–Kier alpha value is -2.22. The molecule has 0 spiro atoms. The standard InChI is InChI=1S/C13H16N2O3/c1-3-12(13(16)17-2)15-10-4-6-11(7-5-10)18-9-8-14/h4-7,12,15H,3,9H2,1-2H3. The van der Waals surface area contributed by atoms with Crippen molar-refractivity contribution in [3.63, 3.8) is 0 Å². The molecule has 0 radical (unpaired) electrons. The van der Waals surface area contributed by atoms with Gasteiger partial charge in [0, 0.05) is 5.69 Å². The van der Waals surface area contributed by atoms with Crippen LogP contribution in [0.15, 0.2) is 24.3 Å². The second-order valence-electron chi connectivity index (χ2n) is 3.60. The van der Waals surface area contributed by atoms with Gasteiger partial charge in [0.1, 0.15) is 17.9 Å². The molecule has 0 aliphatic carbocycles. The minimum atomic E-state index is -0.360. The molecule has 1 aromatic rings. The lowest BCUT2D eigenvalue weighted by Crippen LogP contribution is -2.29. The van der Waals surface area contributed by atoms with Crippen LogP contribution in [-0.4, -0.2) is 25.7 Å². The first-order chi connectivity index (χ1) is 8.71. The molecule has 0 amide bonds. The third kappa shape index (κ3) is 3.98. The summed E-state index contributed by atoms with van der Waals surface area (Å²) in [5.74, 6) is 0.329. The summed E-state index contributed by atoms with van der Waals surface area (Å²) in [5.41, 5.74) is 0.802. The second-order valence-corrected chi connectivity index (χ2v) is 3.60. The molecule has 18 heavy (non-hydrogen) atoms. The van der Waals surface area contributed by atoms with Crippen LogP contribution in [0.25, 0.3) is 0 Å². The summed E-state index contributed by atoms with van der Waals surface area (Å²) in [6, 6.07) is 8.59. The minimum absolute atomic E-state index is 0.0204. The fraction of sp³-hybridized carbons (Fsp3) is 0.385. The molecular formula is C13H16N2O3. The van der Waals surface area contributed by atoms with Crippen molar-refractivity contribution in [2.75, 3.05) is 19.0 Å². The Morgan fingerprint density at radius 1 is 1.44 bits per heavy atom. The van der Waals surface area contributed by atoms with Crippen molar-refractivity contribution < 1.29 is 14.3 Å². The summed E-state index contributed by atoms with van der Waals surface area (Å²) in [6.07, 6.45) is 0.638. The van der Waals surface area contributed by atoms with Gasteiger partial charge in [0.25, 0.3) is 0 Å². The molecule has 0 bridgehead atoms. The molecule has 0 saturated heterocycles. The van der Waals surface area contributed by atoms with E-state index >= 15 is 0 Å². The molecule has 1 unspecified atom stereocenters. The van der Waals surface area contributed by atoms with E-state index in [4.69, 9.17) is 14.7 Å². The van der Waals surface area contributed by atoms with Crippen LogP contribution >= 0.6 is 0 Å². The molecular weight excluding hydrogens is 232 g/mol. The number of nitriles is 1. The van der Waals surface area contributed by atoms with Crippen LogP contribution in [0.2, 0.25) is 0 Å². The smallest absolute Gasteiger partial charge is 0.328 e. The highest BCUT2D eigenvalue weighted by atomic mass is 16.5. The van der Waals surface area contributed by atoms with Gasteiger partial charge in [-0.1, -0.05) is 6.92 Å². The highest BCUT2D eigenvalue weighted by Crippen LogP contribution is 2.17. The molecule has 1 N–H and O–H groups in total. The number of carbonyl (C=O) groups is 1. The van der Waals surface area contributed by atoms with Gasteiger partial charge in [-0.2, -0.15) is 5.26 Å². The van der Waals surface area contributed by atoms with Crippen molar-refractivity contribution in [1.29, 1.82) is 5.26 Å². The van der Waals surface area contributed by atoms with E-state index in [1.807, 2.05) is 13.0 Å². The van der Waals surface area contributed by atoms with Crippen LogP contribution in [0.1, 0.15) is 13.3 Å². The molecule has 0 aliphatic heterocycles. The lowest BCUT2D eigenvalue weighted by Gasteiger charge is -2.15. The molecule has 0 saturated carbocycles.